The van der Waals surface area contributed by atoms with Gasteiger partial charge in [0.2, 0.25) is 77.3 Å². The van der Waals surface area contributed by atoms with Crippen molar-refractivity contribution >= 4 is 82.5 Å². The maximum Gasteiger partial charge on any atom is 0.393 e. The molecule has 0 aromatic rings. The first-order valence-electron chi connectivity index (χ1n) is 38.5. The molecule has 12 amide bonds. The van der Waals surface area contributed by atoms with Gasteiger partial charge < -0.3 is 60.0 Å². The number of carbonyl (C=O) groups is 12. The number of likely N-dealkylation sites (N-methyl/N-ethyl adjacent to an activating group) is 7. The molecule has 0 radical (unpaired) electrons. The van der Waals surface area contributed by atoms with Gasteiger partial charge in [0.1, 0.15) is 47.8 Å². The molecule has 24 nitrogen and oxygen atoms in total. The number of hydrogen-bond donors (Lipinski definition) is 3. The number of piperidine rings is 1. The Balaban J connectivity index is 1.28. The van der Waals surface area contributed by atoms with Gasteiger partial charge in [0, 0.05) is 80.8 Å². The number of halogens is 6. The smallest absolute Gasteiger partial charge is 0.343 e. The second kappa shape index (κ2) is 38.9. The van der Waals surface area contributed by atoms with Gasteiger partial charge in [-0.3, -0.25) is 57.5 Å². The molecule has 3 saturated heterocycles. The number of hydrogen-bond acceptors (Lipinski definition) is 12. The van der Waals surface area contributed by atoms with Crippen molar-refractivity contribution in [3.8, 4) is 0 Å². The van der Waals surface area contributed by atoms with Crippen LogP contribution in [0.1, 0.15) is 213 Å². The molecule has 4 saturated carbocycles. The number of unbranched alkanes of at least 4 members (excludes halogenated alkanes) is 1. The first kappa shape index (κ1) is 84.8. The number of likely N-dealkylation sites (tertiary alicyclic amines) is 1. The fraction of sp³-hybridized carbons (Fsp3) is 0.838. The van der Waals surface area contributed by atoms with Crippen LogP contribution < -0.4 is 16.0 Å². The SMILES string of the molecule is CC[C@H](C)[C@@H]1NC(=O)[C@H](CCCCC(F)F)N(C)C(=O)C[C@@H](C(=O)N2CCCCC2)N(C)C(=O)[C@H](C2CCCCC2)N(C)C(=O)C2(CCCC2)NC(=O)[C@@H]2CCCN2C(=O)[C@H](CCC2CCC(C(F)(F)F)C(Cl)C2)NC(=O)CN(C)C(=O)[C@H](CC2CCCCC2)N(C)C(=O)CN(C)C(=O)CN(C)C1=O. The maximum atomic E-state index is 15.9. The Bertz CT molecular complexity index is 2980. The van der Waals surface area contributed by atoms with Gasteiger partial charge in [-0.15, -0.1) is 11.6 Å². The Kier molecular flexibility index (Phi) is 31.7. The maximum absolute atomic E-state index is 15.9. The molecule has 7 aliphatic rings. The molecule has 0 aromatic heterocycles. The van der Waals surface area contributed by atoms with E-state index in [0.717, 1.165) is 64.5 Å². The third-order valence-electron chi connectivity index (χ3n) is 23.9. The van der Waals surface area contributed by atoms with E-state index < -0.39 is 187 Å². The minimum atomic E-state index is -4.52. The summed E-state index contributed by atoms with van der Waals surface area (Å²) in [7, 11) is 9.75. The van der Waals surface area contributed by atoms with Gasteiger partial charge in [0.25, 0.3) is 0 Å². The van der Waals surface area contributed by atoms with Crippen molar-refractivity contribution < 1.29 is 79.5 Å². The van der Waals surface area contributed by atoms with Crippen LogP contribution in [0, 0.1) is 29.6 Å². The van der Waals surface area contributed by atoms with Crippen LogP contribution in [0.5, 0.6) is 0 Å². The van der Waals surface area contributed by atoms with E-state index in [0.29, 0.717) is 77.3 Å². The molecule has 4 aliphatic carbocycles. The zero-order valence-corrected chi connectivity index (χ0v) is 63.7. The fourth-order valence-corrected chi connectivity index (χ4v) is 17.6. The number of amides is 12. The first-order valence-corrected chi connectivity index (χ1v) is 38.9. The van der Waals surface area contributed by atoms with Crippen LogP contribution in [0.2, 0.25) is 0 Å². The number of carbonyl (C=O) groups excluding carboxylic acids is 12. The van der Waals surface area contributed by atoms with Crippen molar-refractivity contribution in [3.05, 3.63) is 0 Å². The molecule has 588 valence electrons. The highest BCUT2D eigenvalue weighted by Gasteiger charge is 2.52. The Morgan fingerprint density at radius 3 is 1.80 bits per heavy atom. The van der Waals surface area contributed by atoms with Crippen molar-refractivity contribution in [1.29, 1.82) is 0 Å². The molecule has 7 rings (SSSR count). The molecule has 7 fully saturated rings. The highest BCUT2D eigenvalue weighted by Crippen LogP contribution is 2.44. The van der Waals surface area contributed by atoms with Crippen LogP contribution in [-0.2, 0) is 57.5 Å². The third kappa shape index (κ3) is 22.1. The first-order chi connectivity index (χ1) is 49.2. The van der Waals surface area contributed by atoms with Crippen molar-refractivity contribution in [1.82, 2.24) is 60.0 Å². The predicted molar refractivity (Wildman–Crippen MR) is 380 cm³/mol. The van der Waals surface area contributed by atoms with Crippen molar-refractivity contribution in [2.24, 2.45) is 29.6 Å². The van der Waals surface area contributed by atoms with Crippen LogP contribution >= 0.6 is 11.6 Å². The summed E-state index contributed by atoms with van der Waals surface area (Å²) in [6.45, 7) is 2.43. The van der Waals surface area contributed by atoms with Crippen LogP contribution in [0.4, 0.5) is 22.0 Å². The number of fused-ring (bicyclic) bond motifs is 1. The summed E-state index contributed by atoms with van der Waals surface area (Å²) < 4.78 is 69.4. The molecule has 3 aliphatic heterocycles. The number of nitrogens with zero attached hydrogens (tertiary/aromatic N) is 9. The Morgan fingerprint density at radius 1 is 0.577 bits per heavy atom. The lowest BCUT2D eigenvalue weighted by Crippen LogP contribution is -2.65. The van der Waals surface area contributed by atoms with E-state index in [9.17, 15) is 50.7 Å². The Morgan fingerprint density at radius 2 is 1.18 bits per heavy atom. The van der Waals surface area contributed by atoms with Gasteiger partial charge >= 0.3 is 6.18 Å². The molecule has 11 atom stereocenters. The largest absolute Gasteiger partial charge is 0.393 e. The topological polar surface area (TPSA) is 270 Å². The Labute approximate surface area is 616 Å². The highest BCUT2D eigenvalue weighted by atomic mass is 35.5. The molecule has 30 heteroatoms. The predicted octanol–water partition coefficient (Wildman–Crippen LogP) is 7.26. The van der Waals surface area contributed by atoms with E-state index in [1.165, 1.54) is 68.9 Å². The molecule has 1 spiro atoms. The second-order valence-corrected chi connectivity index (χ2v) is 31.8. The van der Waals surface area contributed by atoms with E-state index in [1.807, 2.05) is 0 Å². The molecule has 0 aromatic carbocycles. The van der Waals surface area contributed by atoms with Gasteiger partial charge in [-0.25, -0.2) is 8.78 Å². The molecular weight excluding hydrogens is 1380 g/mol. The van der Waals surface area contributed by atoms with Crippen molar-refractivity contribution in [2.75, 3.05) is 88.6 Å². The van der Waals surface area contributed by atoms with E-state index in [4.69, 9.17) is 11.6 Å². The summed E-state index contributed by atoms with van der Waals surface area (Å²) >= 11 is 6.41. The van der Waals surface area contributed by atoms with E-state index in [-0.39, 0.29) is 95.4 Å². The van der Waals surface area contributed by atoms with Gasteiger partial charge in [0.15, 0.2) is 0 Å². The zero-order chi connectivity index (χ0) is 76.5. The lowest BCUT2D eigenvalue weighted by molar-refractivity contribution is -0.182. The summed E-state index contributed by atoms with van der Waals surface area (Å²) in [4.78, 5) is 191. The molecule has 3 N–H and O–H groups in total. The Hall–Kier alpha value is -6.42. The highest BCUT2D eigenvalue weighted by molar-refractivity contribution is 6.21. The van der Waals surface area contributed by atoms with Gasteiger partial charge in [-0.05, 0) is 133 Å². The number of rotatable bonds is 14. The molecule has 3 unspecified atom stereocenters. The van der Waals surface area contributed by atoms with E-state index in [2.05, 4.69) is 16.0 Å². The van der Waals surface area contributed by atoms with Crippen LogP contribution in [0.3, 0.4) is 0 Å². The minimum absolute atomic E-state index is 0.00615. The molecular formula is C74H118ClF5N12O12. The zero-order valence-electron chi connectivity index (χ0n) is 62.9. The summed E-state index contributed by atoms with van der Waals surface area (Å²) in [6.07, 6.45) is 3.57. The normalized spacial score (nSPS) is 29.4. The average Bonchev–Trinajstić information content (AvgIpc) is 1.44. The van der Waals surface area contributed by atoms with Gasteiger partial charge in [-0.2, -0.15) is 13.2 Å². The lowest BCUT2D eigenvalue weighted by atomic mass is 9.78. The lowest BCUT2D eigenvalue weighted by Gasteiger charge is -2.43. The quantitative estimate of drug-likeness (QED) is 0.0881. The van der Waals surface area contributed by atoms with Crippen molar-refractivity contribution in [3.63, 3.8) is 0 Å². The van der Waals surface area contributed by atoms with Gasteiger partial charge in [-0.1, -0.05) is 90.9 Å². The monoisotopic (exact) mass is 1500 g/mol. The number of alkyl halides is 6. The minimum Gasteiger partial charge on any atom is -0.343 e. The van der Waals surface area contributed by atoms with Crippen LogP contribution in [0.15, 0.2) is 0 Å². The van der Waals surface area contributed by atoms with Crippen molar-refractivity contribution in [2.45, 2.75) is 279 Å². The summed E-state index contributed by atoms with van der Waals surface area (Å²) in [5.41, 5.74) is -1.59. The standard InChI is InChI=1S/C74H118ClF5N12O12/c1-10-47(2)63-70(102)86(5)45-61(95)84(3)46-62(96)88(7)56(42-48-25-14-11-15-26-48)68(100)85(4)44-59(93)81-53(35-33-49-32-34-51(52(75)41-49)74(78,79)80)67(99)92-40-24-30-55(92)66(98)83-73(36-20-21-37-73)72(104)90(9)64(50-27-16-12-17-28-50)71(103)89(8)57(69(101)91-38-22-13-23-39-91)43-60(94)87(6)54(65(97)82-63)29-18-19-31-58(76)77/h47-58,63-64H,10-46H2,1-9H3,(H,81,93)(H,82,97)(H,83,98)/t47-,49?,51?,52?,53-,54-,55-,56-,57-,63-,64-/m0/s1. The van der Waals surface area contributed by atoms with Crippen LogP contribution in [0.25, 0.3) is 0 Å². The molecule has 0 bridgehead atoms. The van der Waals surface area contributed by atoms with E-state index >= 15 is 28.8 Å². The molecule has 3 heterocycles. The fourth-order valence-electron chi connectivity index (χ4n) is 17.1. The van der Waals surface area contributed by atoms with Crippen LogP contribution in [-0.4, -0.2) is 269 Å². The summed E-state index contributed by atoms with van der Waals surface area (Å²) in [5, 5.41) is 7.49. The number of nitrogens with one attached hydrogen (secondary N) is 3. The molecule has 104 heavy (non-hydrogen) atoms. The summed E-state index contributed by atoms with van der Waals surface area (Å²) in [6, 6.07) is -9.10. The summed E-state index contributed by atoms with van der Waals surface area (Å²) in [5.74, 6) is -11.3. The average molecular weight is 1500 g/mol. The van der Waals surface area contributed by atoms with Gasteiger partial charge in [0.05, 0.1) is 32.0 Å². The van der Waals surface area contributed by atoms with E-state index in [1.54, 1.807) is 18.7 Å². The second-order valence-electron chi connectivity index (χ2n) is 31.3. The third-order valence-corrected chi connectivity index (χ3v) is 24.4.